The monoisotopic (exact) mass is 375 g/mol. The lowest BCUT2D eigenvalue weighted by atomic mass is 10.2. The number of rotatable bonds is 7. The number of carboxylic acid groups (broad SMARTS) is 1. The zero-order valence-electron chi connectivity index (χ0n) is 15.5. The van der Waals surface area contributed by atoms with Crippen LogP contribution in [-0.4, -0.2) is 18.3 Å². The maximum atomic E-state index is 11.6. The van der Waals surface area contributed by atoms with Crippen LogP contribution in [0, 0.1) is 0 Å². The summed E-state index contributed by atoms with van der Waals surface area (Å²) in [6.45, 7) is 0.459. The summed E-state index contributed by atoms with van der Waals surface area (Å²) < 4.78 is 10.9. The van der Waals surface area contributed by atoms with Crippen LogP contribution < -0.4 is 14.4 Å². The Labute approximate surface area is 164 Å². The van der Waals surface area contributed by atoms with Gasteiger partial charge in [0.05, 0.1) is 12.8 Å². The third kappa shape index (κ3) is 5.14. The van der Waals surface area contributed by atoms with Crippen LogP contribution in [0.5, 0.6) is 11.5 Å². The van der Waals surface area contributed by atoms with Gasteiger partial charge in [0.25, 0.3) is 0 Å². The van der Waals surface area contributed by atoms with Crippen molar-refractivity contribution >= 4 is 17.9 Å². The molecule has 0 bridgehead atoms. The molecule has 0 fully saturated rings. The van der Waals surface area contributed by atoms with Gasteiger partial charge in [0, 0.05) is 6.20 Å². The molecule has 142 valence electrons. The maximum absolute atomic E-state index is 11.6. The first-order chi connectivity index (χ1) is 13.7. The summed E-state index contributed by atoms with van der Waals surface area (Å²) in [7, 11) is 1.60. The van der Waals surface area contributed by atoms with Crippen LogP contribution in [0.2, 0.25) is 0 Å². The largest absolute Gasteiger partial charge is 0.497 e. The van der Waals surface area contributed by atoms with Crippen molar-refractivity contribution in [3.05, 3.63) is 96.2 Å². The molecule has 3 aromatic carbocycles. The average molecular weight is 375 g/mol. The molecular weight excluding hydrogens is 354 g/mol. The smallest absolute Gasteiger partial charge is 0.415 e. The number of methoxy groups -OCH3 is 1. The molecule has 0 radical (unpaired) electrons. The normalized spacial score (nSPS) is 10.6. The predicted molar refractivity (Wildman–Crippen MR) is 110 cm³/mol. The topological polar surface area (TPSA) is 59.0 Å². The van der Waals surface area contributed by atoms with E-state index in [4.69, 9.17) is 9.47 Å². The average Bonchev–Trinajstić information content (AvgIpc) is 2.74. The second-order valence-electron chi connectivity index (χ2n) is 6.01. The highest BCUT2D eigenvalue weighted by molar-refractivity contribution is 5.89. The maximum Gasteiger partial charge on any atom is 0.415 e. The third-order valence-corrected chi connectivity index (χ3v) is 4.10. The quantitative estimate of drug-likeness (QED) is 0.598. The van der Waals surface area contributed by atoms with Crippen molar-refractivity contribution in [1.29, 1.82) is 0 Å². The van der Waals surface area contributed by atoms with Crippen molar-refractivity contribution in [2.75, 3.05) is 12.0 Å². The minimum Gasteiger partial charge on any atom is -0.497 e. The molecule has 0 aliphatic rings. The van der Waals surface area contributed by atoms with E-state index in [-0.39, 0.29) is 0 Å². The van der Waals surface area contributed by atoms with Gasteiger partial charge in [-0.3, -0.25) is 4.90 Å². The molecule has 5 heteroatoms. The fraction of sp³-hybridized carbons (Fsp3) is 0.0870. The molecule has 0 atom stereocenters. The lowest BCUT2D eigenvalue weighted by molar-refractivity contribution is 0.204. The van der Waals surface area contributed by atoms with Crippen LogP contribution in [0.4, 0.5) is 10.5 Å². The SMILES string of the molecule is COc1ccc(/C=C/N(C(=O)O)c2ccc(OCc3ccccc3)cc2)cc1. The lowest BCUT2D eigenvalue weighted by Gasteiger charge is -2.15. The Kier molecular flexibility index (Phi) is 6.31. The number of carbonyl (C=O) groups is 1. The van der Waals surface area contributed by atoms with Gasteiger partial charge in [0.1, 0.15) is 18.1 Å². The van der Waals surface area contributed by atoms with Crippen LogP contribution in [-0.2, 0) is 6.61 Å². The Morgan fingerprint density at radius 3 is 2.18 bits per heavy atom. The summed E-state index contributed by atoms with van der Waals surface area (Å²) in [6, 6.07) is 24.2. The van der Waals surface area contributed by atoms with Gasteiger partial charge in [0.2, 0.25) is 0 Å². The van der Waals surface area contributed by atoms with Gasteiger partial charge in [0.15, 0.2) is 0 Å². The van der Waals surface area contributed by atoms with E-state index in [1.54, 1.807) is 37.5 Å². The van der Waals surface area contributed by atoms with E-state index in [1.807, 2.05) is 54.6 Å². The molecule has 0 aliphatic carbocycles. The number of amides is 1. The summed E-state index contributed by atoms with van der Waals surface area (Å²) in [5.41, 5.74) is 2.47. The molecule has 0 unspecified atom stereocenters. The van der Waals surface area contributed by atoms with E-state index in [0.717, 1.165) is 21.8 Å². The summed E-state index contributed by atoms with van der Waals surface area (Å²) in [4.78, 5) is 12.8. The van der Waals surface area contributed by atoms with Gasteiger partial charge in [-0.1, -0.05) is 42.5 Å². The van der Waals surface area contributed by atoms with Crippen LogP contribution in [0.1, 0.15) is 11.1 Å². The Bertz CT molecular complexity index is 919. The highest BCUT2D eigenvalue weighted by Crippen LogP contribution is 2.22. The van der Waals surface area contributed by atoms with Crippen LogP contribution >= 0.6 is 0 Å². The van der Waals surface area contributed by atoms with Gasteiger partial charge in [-0.25, -0.2) is 4.79 Å². The molecule has 0 aromatic heterocycles. The van der Waals surface area contributed by atoms with Crippen molar-refractivity contribution in [1.82, 2.24) is 0 Å². The Balaban J connectivity index is 1.67. The van der Waals surface area contributed by atoms with Gasteiger partial charge in [-0.2, -0.15) is 0 Å². The molecule has 0 spiro atoms. The molecule has 1 N–H and O–H groups in total. The van der Waals surface area contributed by atoms with Crippen LogP contribution in [0.15, 0.2) is 85.1 Å². The van der Waals surface area contributed by atoms with Gasteiger partial charge in [-0.15, -0.1) is 0 Å². The second-order valence-corrected chi connectivity index (χ2v) is 6.01. The summed E-state index contributed by atoms with van der Waals surface area (Å²) >= 11 is 0. The van der Waals surface area contributed by atoms with Crippen LogP contribution in [0.3, 0.4) is 0 Å². The highest BCUT2D eigenvalue weighted by atomic mass is 16.5. The summed E-state index contributed by atoms with van der Waals surface area (Å²) in [6.07, 6.45) is 2.18. The van der Waals surface area contributed by atoms with E-state index in [2.05, 4.69) is 0 Å². The summed E-state index contributed by atoms with van der Waals surface area (Å²) in [5, 5.41) is 9.53. The number of ether oxygens (including phenoxy) is 2. The Hall–Kier alpha value is -3.73. The van der Waals surface area contributed by atoms with Crippen molar-refractivity contribution in [2.45, 2.75) is 6.61 Å². The third-order valence-electron chi connectivity index (χ3n) is 4.10. The number of hydrogen-bond acceptors (Lipinski definition) is 3. The van der Waals surface area contributed by atoms with Crippen molar-refractivity contribution in [2.24, 2.45) is 0 Å². The molecule has 0 heterocycles. The first-order valence-corrected chi connectivity index (χ1v) is 8.77. The van der Waals surface area contributed by atoms with Crippen molar-refractivity contribution < 1.29 is 19.4 Å². The van der Waals surface area contributed by atoms with E-state index in [1.165, 1.54) is 6.20 Å². The molecule has 28 heavy (non-hydrogen) atoms. The molecule has 0 saturated heterocycles. The number of anilines is 1. The number of hydrogen-bond donors (Lipinski definition) is 1. The molecule has 3 aromatic rings. The molecular formula is C23H21NO4. The Morgan fingerprint density at radius 2 is 1.57 bits per heavy atom. The fourth-order valence-electron chi connectivity index (χ4n) is 2.58. The van der Waals surface area contributed by atoms with Crippen LogP contribution in [0.25, 0.3) is 6.08 Å². The molecule has 1 amide bonds. The molecule has 0 saturated carbocycles. The highest BCUT2D eigenvalue weighted by Gasteiger charge is 2.11. The first-order valence-electron chi connectivity index (χ1n) is 8.77. The van der Waals surface area contributed by atoms with Gasteiger partial charge < -0.3 is 14.6 Å². The number of benzene rings is 3. The van der Waals surface area contributed by atoms with E-state index in [0.29, 0.717) is 18.0 Å². The van der Waals surface area contributed by atoms with E-state index < -0.39 is 6.09 Å². The Morgan fingerprint density at radius 1 is 0.929 bits per heavy atom. The summed E-state index contributed by atoms with van der Waals surface area (Å²) in [5.74, 6) is 1.43. The molecule has 5 nitrogen and oxygen atoms in total. The van der Waals surface area contributed by atoms with Gasteiger partial charge in [-0.05, 0) is 53.6 Å². The van der Waals surface area contributed by atoms with Crippen molar-refractivity contribution in [3.8, 4) is 11.5 Å². The van der Waals surface area contributed by atoms with Gasteiger partial charge >= 0.3 is 6.09 Å². The molecule has 0 aliphatic heterocycles. The first kappa shape index (κ1) is 19.0. The minimum atomic E-state index is -1.07. The van der Waals surface area contributed by atoms with E-state index >= 15 is 0 Å². The predicted octanol–water partition coefficient (Wildman–Crippen LogP) is 5.43. The zero-order chi connectivity index (χ0) is 19.8. The van der Waals surface area contributed by atoms with Crippen molar-refractivity contribution in [3.63, 3.8) is 0 Å². The second kappa shape index (κ2) is 9.28. The zero-order valence-corrected chi connectivity index (χ0v) is 15.5. The standard InChI is InChI=1S/C23H21NO4/c1-27-21-11-7-18(8-12-21)15-16-24(23(25)26)20-9-13-22(14-10-20)28-17-19-5-3-2-4-6-19/h2-16H,17H2,1H3,(H,25,26)/b16-15+. The minimum absolute atomic E-state index is 0.459. The lowest BCUT2D eigenvalue weighted by Crippen LogP contribution is -2.22. The fourth-order valence-corrected chi connectivity index (χ4v) is 2.58. The number of nitrogens with zero attached hydrogens (tertiary/aromatic N) is 1. The molecule has 3 rings (SSSR count). The van der Waals surface area contributed by atoms with E-state index in [9.17, 15) is 9.90 Å².